The number of hydrogen-bond acceptors (Lipinski definition) is 5. The van der Waals surface area contributed by atoms with Crippen LogP contribution in [0.3, 0.4) is 0 Å². The Balaban J connectivity index is 3.15. The zero-order valence-corrected chi connectivity index (χ0v) is 26.6. The fourth-order valence-electron chi connectivity index (χ4n) is 5.84. The minimum absolute atomic E-state index is 0.0894. The van der Waals surface area contributed by atoms with E-state index in [0.717, 1.165) is 68.1 Å². The minimum Gasteiger partial charge on any atom is -0.504 e. The van der Waals surface area contributed by atoms with Crippen LogP contribution in [0.4, 0.5) is 0 Å². The predicted octanol–water partition coefficient (Wildman–Crippen LogP) is 10.7. The molecule has 0 aliphatic carbocycles. The van der Waals surface area contributed by atoms with Crippen molar-refractivity contribution in [1.82, 2.24) is 0 Å². The van der Waals surface area contributed by atoms with Gasteiger partial charge in [0.25, 0.3) is 0 Å². The molecule has 1 aromatic rings. The van der Waals surface area contributed by atoms with Crippen LogP contribution in [0.2, 0.25) is 0 Å². The molecule has 40 heavy (non-hydrogen) atoms. The largest absolute Gasteiger partial charge is 0.504 e. The molecule has 0 heterocycles. The highest BCUT2D eigenvalue weighted by molar-refractivity contribution is 5.95. The Morgan fingerprint density at radius 2 is 0.850 bits per heavy atom. The lowest BCUT2D eigenvalue weighted by atomic mass is 9.85. The topological polar surface area (TPSA) is 76.0 Å². The molecule has 0 aliphatic heterocycles. The summed E-state index contributed by atoms with van der Waals surface area (Å²) in [6.07, 6.45) is 27.3. The van der Waals surface area contributed by atoms with Crippen molar-refractivity contribution in [2.45, 2.75) is 175 Å². The number of phenols is 2. The molecule has 0 fully saturated rings. The van der Waals surface area contributed by atoms with Crippen molar-refractivity contribution in [3.63, 3.8) is 0 Å². The molecule has 1 rings (SSSR count). The summed E-state index contributed by atoms with van der Waals surface area (Å²) < 4.78 is 0. The van der Waals surface area contributed by atoms with Crippen molar-refractivity contribution in [3.8, 4) is 11.5 Å². The Kier molecular flexibility index (Phi) is 21.7. The van der Waals surface area contributed by atoms with Crippen LogP contribution in [0.5, 0.6) is 11.5 Å². The van der Waals surface area contributed by atoms with Gasteiger partial charge < -0.3 is 10.2 Å². The molecule has 0 aromatic heterocycles. The maximum absolute atomic E-state index is 13.0. The average molecular weight is 563 g/mol. The standard InChI is InChI=1S/C35H62O5/c1-5-8-11-14-17-20-23-26-29-30(27-24-21-18-15-12-9-6-2)32(35(38)40-39-4)34(37)33(36)31(29)28-25-22-19-16-13-10-7-3/h36-37H,5-28H2,1-4H3. The molecule has 0 saturated heterocycles. The predicted molar refractivity (Wildman–Crippen MR) is 167 cm³/mol. The first kappa shape index (κ1) is 36.3. The third kappa shape index (κ3) is 14.2. The molecule has 0 spiro atoms. The van der Waals surface area contributed by atoms with E-state index in [9.17, 15) is 15.0 Å². The Morgan fingerprint density at radius 1 is 0.500 bits per heavy atom. The lowest BCUT2D eigenvalue weighted by Gasteiger charge is -2.21. The number of benzene rings is 1. The molecule has 232 valence electrons. The second kappa shape index (κ2) is 23.9. The maximum Gasteiger partial charge on any atom is 0.377 e. The van der Waals surface area contributed by atoms with Crippen LogP contribution in [0.1, 0.15) is 183 Å². The van der Waals surface area contributed by atoms with Gasteiger partial charge in [0.1, 0.15) is 5.56 Å². The van der Waals surface area contributed by atoms with Gasteiger partial charge in [0.15, 0.2) is 11.5 Å². The number of phenolic OH excluding ortho intramolecular Hbond substituents is 2. The van der Waals surface area contributed by atoms with Crippen LogP contribution in [-0.2, 0) is 29.0 Å². The summed E-state index contributed by atoms with van der Waals surface area (Å²) in [6, 6.07) is 0. The van der Waals surface area contributed by atoms with E-state index >= 15 is 0 Å². The van der Waals surface area contributed by atoms with Crippen LogP contribution in [-0.4, -0.2) is 23.3 Å². The van der Waals surface area contributed by atoms with E-state index in [1.807, 2.05) is 0 Å². The van der Waals surface area contributed by atoms with E-state index in [1.54, 1.807) is 0 Å². The quantitative estimate of drug-likeness (QED) is 0.0508. The molecule has 0 radical (unpaired) electrons. The van der Waals surface area contributed by atoms with E-state index in [4.69, 9.17) is 4.89 Å². The van der Waals surface area contributed by atoms with Gasteiger partial charge in [-0.15, -0.1) is 0 Å². The monoisotopic (exact) mass is 562 g/mol. The minimum atomic E-state index is -0.725. The SMILES string of the molecule is CCCCCCCCCc1c(O)c(O)c(C(=O)OOC)c(CCCCCCCCC)c1CCCCCCCCC. The van der Waals surface area contributed by atoms with Crippen molar-refractivity contribution in [2.75, 3.05) is 7.11 Å². The Labute approximate surface area is 246 Å². The number of unbranched alkanes of at least 4 members (excludes halogenated alkanes) is 18. The normalized spacial score (nSPS) is 11.3. The van der Waals surface area contributed by atoms with Crippen molar-refractivity contribution in [2.24, 2.45) is 0 Å². The molecule has 0 amide bonds. The maximum atomic E-state index is 13.0. The van der Waals surface area contributed by atoms with Crippen LogP contribution in [0.25, 0.3) is 0 Å². The van der Waals surface area contributed by atoms with Gasteiger partial charge in [-0.05, 0) is 49.7 Å². The van der Waals surface area contributed by atoms with E-state index in [1.165, 1.54) is 103 Å². The third-order valence-corrected chi connectivity index (χ3v) is 8.23. The Hall–Kier alpha value is -1.75. The third-order valence-electron chi connectivity index (χ3n) is 8.23. The van der Waals surface area contributed by atoms with E-state index in [0.29, 0.717) is 6.42 Å². The first-order valence-corrected chi connectivity index (χ1v) is 16.9. The second-order valence-electron chi connectivity index (χ2n) is 11.7. The smallest absolute Gasteiger partial charge is 0.377 e. The van der Waals surface area contributed by atoms with Gasteiger partial charge in [-0.2, -0.15) is 4.89 Å². The Bertz CT molecular complexity index is 789. The highest BCUT2D eigenvalue weighted by Crippen LogP contribution is 2.41. The highest BCUT2D eigenvalue weighted by Gasteiger charge is 2.28. The second-order valence-corrected chi connectivity index (χ2v) is 11.7. The molecular weight excluding hydrogens is 500 g/mol. The summed E-state index contributed by atoms with van der Waals surface area (Å²) in [5.41, 5.74) is 2.84. The van der Waals surface area contributed by atoms with Crippen molar-refractivity contribution in [3.05, 3.63) is 22.3 Å². The number of carbonyl (C=O) groups excluding carboxylic acids is 1. The first-order chi connectivity index (χ1) is 19.5. The molecule has 2 N–H and O–H groups in total. The van der Waals surface area contributed by atoms with Gasteiger partial charge in [-0.3, -0.25) is 4.89 Å². The van der Waals surface area contributed by atoms with E-state index in [2.05, 4.69) is 25.7 Å². The van der Waals surface area contributed by atoms with Crippen LogP contribution < -0.4 is 0 Å². The zero-order chi connectivity index (χ0) is 29.4. The highest BCUT2D eigenvalue weighted by atomic mass is 17.2. The molecule has 5 heteroatoms. The molecule has 0 unspecified atom stereocenters. The first-order valence-electron chi connectivity index (χ1n) is 16.9. The number of carbonyl (C=O) groups is 1. The van der Waals surface area contributed by atoms with E-state index in [-0.39, 0.29) is 17.1 Å². The fourth-order valence-corrected chi connectivity index (χ4v) is 5.84. The molecule has 0 bridgehead atoms. The average Bonchev–Trinajstić information content (AvgIpc) is 2.94. The molecule has 5 nitrogen and oxygen atoms in total. The van der Waals surface area contributed by atoms with Crippen molar-refractivity contribution in [1.29, 1.82) is 0 Å². The molecule has 0 saturated carbocycles. The number of hydrogen-bond donors (Lipinski definition) is 2. The zero-order valence-electron chi connectivity index (χ0n) is 26.6. The van der Waals surface area contributed by atoms with Gasteiger partial charge in [0.05, 0.1) is 7.11 Å². The number of rotatable bonds is 26. The van der Waals surface area contributed by atoms with Crippen LogP contribution in [0.15, 0.2) is 0 Å². The van der Waals surface area contributed by atoms with Crippen molar-refractivity contribution >= 4 is 5.97 Å². The lowest BCUT2D eigenvalue weighted by Crippen LogP contribution is -2.13. The summed E-state index contributed by atoms with van der Waals surface area (Å²) in [7, 11) is 1.29. The molecule has 0 atom stereocenters. The molecule has 1 aromatic carbocycles. The van der Waals surface area contributed by atoms with Gasteiger partial charge in [-0.1, -0.05) is 136 Å². The Morgan fingerprint density at radius 3 is 1.25 bits per heavy atom. The van der Waals surface area contributed by atoms with Gasteiger partial charge >= 0.3 is 5.97 Å². The summed E-state index contributed by atoms with van der Waals surface area (Å²) >= 11 is 0. The molecular formula is C35H62O5. The summed E-state index contributed by atoms with van der Waals surface area (Å²) in [6.45, 7) is 6.70. The van der Waals surface area contributed by atoms with Crippen molar-refractivity contribution < 1.29 is 24.8 Å². The lowest BCUT2D eigenvalue weighted by molar-refractivity contribution is -0.216. The summed E-state index contributed by atoms with van der Waals surface area (Å²) in [5.74, 6) is -1.21. The summed E-state index contributed by atoms with van der Waals surface area (Å²) in [4.78, 5) is 22.5. The fraction of sp³-hybridized carbons (Fsp3) is 0.800. The van der Waals surface area contributed by atoms with Gasteiger partial charge in [0, 0.05) is 5.56 Å². The van der Waals surface area contributed by atoms with Crippen LogP contribution >= 0.6 is 0 Å². The molecule has 0 aliphatic rings. The van der Waals surface area contributed by atoms with Gasteiger partial charge in [0.2, 0.25) is 0 Å². The van der Waals surface area contributed by atoms with E-state index < -0.39 is 5.97 Å². The van der Waals surface area contributed by atoms with Gasteiger partial charge in [-0.25, -0.2) is 4.79 Å². The number of aromatic hydroxyl groups is 2. The summed E-state index contributed by atoms with van der Waals surface area (Å²) in [5, 5.41) is 22.2. The van der Waals surface area contributed by atoms with Crippen LogP contribution in [0, 0.1) is 0 Å².